The van der Waals surface area contributed by atoms with Gasteiger partial charge in [0, 0.05) is 11.8 Å². The summed E-state index contributed by atoms with van der Waals surface area (Å²) in [6, 6.07) is 12.2. The maximum absolute atomic E-state index is 13.4. The van der Waals surface area contributed by atoms with E-state index in [-0.39, 0.29) is 16.8 Å². The standard InChI is InChI=1S/C24H20N2O6/c1-12(2)10-13-4-3-5-14(11-13)25-15-6-8-17(27)21-19(15)23(29)20-16(26(31)32)7-9-18(28)22(20)24(21)30/h3-9,11-12,25,27-28H,10H2,1-2H3. The van der Waals surface area contributed by atoms with Crippen LogP contribution in [0.15, 0.2) is 48.5 Å². The van der Waals surface area contributed by atoms with Gasteiger partial charge in [-0.05, 0) is 48.2 Å². The molecular formula is C24H20N2O6. The number of aromatic hydroxyl groups is 2. The lowest BCUT2D eigenvalue weighted by molar-refractivity contribution is -0.385. The Morgan fingerprint density at radius 2 is 1.53 bits per heavy atom. The Morgan fingerprint density at radius 3 is 2.19 bits per heavy atom. The fraction of sp³-hybridized carbons (Fsp3) is 0.167. The summed E-state index contributed by atoms with van der Waals surface area (Å²) in [5.74, 6) is -2.25. The van der Waals surface area contributed by atoms with Crippen LogP contribution in [0.1, 0.15) is 51.3 Å². The highest BCUT2D eigenvalue weighted by molar-refractivity contribution is 6.33. The maximum atomic E-state index is 13.4. The normalized spacial score (nSPS) is 12.5. The minimum absolute atomic E-state index is 0.175. The van der Waals surface area contributed by atoms with Crippen molar-refractivity contribution in [2.75, 3.05) is 5.32 Å². The van der Waals surface area contributed by atoms with Gasteiger partial charge in [-0.3, -0.25) is 19.7 Å². The molecule has 0 aliphatic heterocycles. The molecule has 0 radical (unpaired) electrons. The first-order chi connectivity index (χ1) is 15.2. The van der Waals surface area contributed by atoms with E-state index in [0.29, 0.717) is 11.6 Å². The van der Waals surface area contributed by atoms with E-state index in [0.717, 1.165) is 24.1 Å². The molecule has 0 bridgehead atoms. The Morgan fingerprint density at radius 1 is 0.906 bits per heavy atom. The minimum atomic E-state index is -0.856. The van der Waals surface area contributed by atoms with Crippen LogP contribution in [0.2, 0.25) is 0 Å². The highest BCUT2D eigenvalue weighted by atomic mass is 16.6. The molecule has 1 aliphatic carbocycles. The smallest absolute Gasteiger partial charge is 0.281 e. The molecule has 0 atom stereocenters. The fourth-order valence-electron chi connectivity index (χ4n) is 4.01. The Balaban J connectivity index is 1.87. The van der Waals surface area contributed by atoms with Crippen molar-refractivity contribution >= 4 is 28.6 Å². The number of carbonyl (C=O) groups excluding carboxylic acids is 2. The van der Waals surface area contributed by atoms with Crippen LogP contribution in [0.5, 0.6) is 11.5 Å². The third kappa shape index (κ3) is 3.45. The molecule has 0 heterocycles. The number of fused-ring (bicyclic) bond motifs is 2. The van der Waals surface area contributed by atoms with Crippen LogP contribution in [0.25, 0.3) is 0 Å². The van der Waals surface area contributed by atoms with Gasteiger partial charge < -0.3 is 15.5 Å². The predicted octanol–water partition coefficient (Wildman–Crippen LogP) is 4.72. The number of hydrogen-bond donors (Lipinski definition) is 3. The molecule has 8 heteroatoms. The van der Waals surface area contributed by atoms with Crippen LogP contribution < -0.4 is 5.32 Å². The molecule has 0 unspecified atom stereocenters. The van der Waals surface area contributed by atoms with Gasteiger partial charge in [-0.25, -0.2) is 0 Å². The van der Waals surface area contributed by atoms with E-state index in [9.17, 15) is 29.9 Å². The molecule has 3 aromatic rings. The summed E-state index contributed by atoms with van der Waals surface area (Å²) in [7, 11) is 0. The van der Waals surface area contributed by atoms with E-state index in [4.69, 9.17) is 0 Å². The summed E-state index contributed by atoms with van der Waals surface area (Å²) >= 11 is 0. The molecule has 0 aromatic heterocycles. The van der Waals surface area contributed by atoms with E-state index in [1.807, 2.05) is 18.2 Å². The first kappa shape index (κ1) is 21.0. The number of nitro benzene ring substituents is 1. The van der Waals surface area contributed by atoms with Gasteiger partial charge in [0.1, 0.15) is 17.1 Å². The Hall–Kier alpha value is -4.20. The van der Waals surface area contributed by atoms with Gasteiger partial charge in [-0.15, -0.1) is 0 Å². The first-order valence-electron chi connectivity index (χ1n) is 10.0. The van der Waals surface area contributed by atoms with Crippen molar-refractivity contribution in [3.05, 3.63) is 86.5 Å². The Bertz CT molecular complexity index is 1300. The Kier molecular flexibility index (Phi) is 5.14. The van der Waals surface area contributed by atoms with Gasteiger partial charge in [-0.1, -0.05) is 26.0 Å². The van der Waals surface area contributed by atoms with Gasteiger partial charge in [0.15, 0.2) is 0 Å². The fourth-order valence-corrected chi connectivity index (χ4v) is 4.01. The number of anilines is 2. The summed E-state index contributed by atoms with van der Waals surface area (Å²) in [5, 5.41) is 35.2. The molecule has 8 nitrogen and oxygen atoms in total. The molecule has 1 aliphatic rings. The molecular weight excluding hydrogens is 412 g/mol. The summed E-state index contributed by atoms with van der Waals surface area (Å²) < 4.78 is 0. The summed E-state index contributed by atoms with van der Waals surface area (Å²) in [5.41, 5.74) is -0.0838. The van der Waals surface area contributed by atoms with Crippen molar-refractivity contribution < 1.29 is 24.7 Å². The minimum Gasteiger partial charge on any atom is -0.507 e. The second kappa shape index (κ2) is 7.81. The molecule has 0 saturated heterocycles. The topological polar surface area (TPSA) is 130 Å². The van der Waals surface area contributed by atoms with E-state index >= 15 is 0 Å². The number of ketones is 2. The first-order valence-corrected chi connectivity index (χ1v) is 10.0. The van der Waals surface area contributed by atoms with E-state index < -0.39 is 44.8 Å². The maximum Gasteiger partial charge on any atom is 0.281 e. The average Bonchev–Trinajstić information content (AvgIpc) is 2.72. The van der Waals surface area contributed by atoms with Crippen LogP contribution in [0, 0.1) is 16.0 Å². The molecule has 0 amide bonds. The molecule has 162 valence electrons. The predicted molar refractivity (Wildman–Crippen MR) is 118 cm³/mol. The molecule has 4 rings (SSSR count). The number of nitrogens with zero attached hydrogens (tertiary/aromatic N) is 1. The third-order valence-electron chi connectivity index (χ3n) is 5.30. The molecule has 0 fully saturated rings. The molecule has 0 spiro atoms. The lowest BCUT2D eigenvalue weighted by Gasteiger charge is -2.22. The second-order valence-electron chi connectivity index (χ2n) is 8.07. The number of phenols is 2. The van der Waals surface area contributed by atoms with Crippen LogP contribution >= 0.6 is 0 Å². The zero-order chi connectivity index (χ0) is 23.2. The number of benzene rings is 3. The third-order valence-corrected chi connectivity index (χ3v) is 5.30. The number of nitro groups is 1. The second-order valence-corrected chi connectivity index (χ2v) is 8.07. The highest BCUT2D eigenvalue weighted by Crippen LogP contribution is 2.43. The summed E-state index contributed by atoms with van der Waals surface area (Å²) in [6.45, 7) is 4.20. The lowest BCUT2D eigenvalue weighted by Crippen LogP contribution is -2.23. The van der Waals surface area contributed by atoms with E-state index in [1.54, 1.807) is 6.07 Å². The number of phenolic OH excluding ortho intramolecular Hbond substituents is 2. The van der Waals surface area contributed by atoms with Crippen molar-refractivity contribution in [2.45, 2.75) is 20.3 Å². The zero-order valence-electron chi connectivity index (χ0n) is 17.4. The van der Waals surface area contributed by atoms with Crippen molar-refractivity contribution in [1.29, 1.82) is 0 Å². The number of hydrogen-bond acceptors (Lipinski definition) is 7. The SMILES string of the molecule is CC(C)Cc1cccc(Nc2ccc(O)c3c2C(=O)c2c([N+](=O)[O-])ccc(O)c2C3=O)c1. The van der Waals surface area contributed by atoms with Crippen LogP contribution in [0.3, 0.4) is 0 Å². The molecule has 0 saturated carbocycles. The van der Waals surface area contributed by atoms with Gasteiger partial charge in [0.2, 0.25) is 11.6 Å². The number of nitrogens with one attached hydrogen (secondary N) is 1. The zero-order valence-corrected chi connectivity index (χ0v) is 17.4. The van der Waals surface area contributed by atoms with Crippen LogP contribution in [-0.2, 0) is 6.42 Å². The van der Waals surface area contributed by atoms with Gasteiger partial charge in [0.25, 0.3) is 5.69 Å². The molecule has 3 aromatic carbocycles. The van der Waals surface area contributed by atoms with Gasteiger partial charge in [-0.2, -0.15) is 0 Å². The van der Waals surface area contributed by atoms with Crippen molar-refractivity contribution in [1.82, 2.24) is 0 Å². The number of carbonyl (C=O) groups is 2. The van der Waals surface area contributed by atoms with Gasteiger partial charge in [0.05, 0.1) is 27.3 Å². The molecule has 3 N–H and O–H groups in total. The Labute approximate surface area is 183 Å². The van der Waals surface area contributed by atoms with E-state index in [1.165, 1.54) is 12.1 Å². The number of rotatable bonds is 5. The van der Waals surface area contributed by atoms with Gasteiger partial charge >= 0.3 is 0 Å². The van der Waals surface area contributed by atoms with Crippen molar-refractivity contribution in [3.63, 3.8) is 0 Å². The van der Waals surface area contributed by atoms with Crippen molar-refractivity contribution in [2.24, 2.45) is 5.92 Å². The van der Waals surface area contributed by atoms with E-state index in [2.05, 4.69) is 19.2 Å². The summed E-state index contributed by atoms with van der Waals surface area (Å²) in [6.07, 6.45) is 0.847. The van der Waals surface area contributed by atoms with Crippen LogP contribution in [-0.4, -0.2) is 26.7 Å². The van der Waals surface area contributed by atoms with Crippen molar-refractivity contribution in [3.8, 4) is 11.5 Å². The molecule has 32 heavy (non-hydrogen) atoms. The quantitative estimate of drug-likeness (QED) is 0.236. The van der Waals surface area contributed by atoms with Crippen LogP contribution in [0.4, 0.5) is 17.1 Å². The highest BCUT2D eigenvalue weighted by Gasteiger charge is 2.40. The lowest BCUT2D eigenvalue weighted by atomic mass is 9.81. The average molecular weight is 432 g/mol. The summed E-state index contributed by atoms with van der Waals surface area (Å²) in [4.78, 5) is 37.2. The largest absolute Gasteiger partial charge is 0.507 e. The monoisotopic (exact) mass is 432 g/mol.